The van der Waals surface area contributed by atoms with E-state index in [0.717, 1.165) is 36.9 Å². The smallest absolute Gasteiger partial charge is 0.321 e. The van der Waals surface area contributed by atoms with Crippen molar-refractivity contribution in [3.05, 3.63) is 89.5 Å². The van der Waals surface area contributed by atoms with E-state index in [1.807, 2.05) is 45.0 Å². The van der Waals surface area contributed by atoms with Gasteiger partial charge >= 0.3 is 6.03 Å². The molecule has 0 aliphatic carbocycles. The number of carbonyl (C=O) groups excluding carboxylic acids is 1. The molecule has 58 heavy (non-hydrogen) atoms. The van der Waals surface area contributed by atoms with Crippen LogP contribution in [0.3, 0.4) is 0 Å². The van der Waals surface area contributed by atoms with E-state index in [9.17, 15) is 41.8 Å². The molecule has 17 heteroatoms. The number of nitrogens with one attached hydrogen (secondary N) is 2. The van der Waals surface area contributed by atoms with Crippen molar-refractivity contribution in [1.29, 1.82) is 0 Å². The lowest BCUT2D eigenvalue weighted by Gasteiger charge is -2.43. The van der Waals surface area contributed by atoms with Crippen LogP contribution in [-0.4, -0.2) is 113 Å². The van der Waals surface area contributed by atoms with Gasteiger partial charge in [-0.05, 0) is 59.9 Å². The summed E-state index contributed by atoms with van der Waals surface area (Å²) in [4.78, 5) is 15.6. The fourth-order valence-electron chi connectivity index (χ4n) is 7.88. The topological polar surface area (TPSA) is 224 Å². The van der Waals surface area contributed by atoms with Crippen LogP contribution in [-0.2, 0) is 40.0 Å². The van der Waals surface area contributed by atoms with Crippen molar-refractivity contribution in [2.24, 2.45) is 5.41 Å². The number of nitrogens with zero attached hydrogens (tertiary/aromatic N) is 1. The maximum absolute atomic E-state index is 14.3. The molecule has 2 amide bonds. The van der Waals surface area contributed by atoms with Gasteiger partial charge in [0.2, 0.25) is 0 Å². The minimum Gasteiger partial charge on any atom is -0.392 e. The highest BCUT2D eigenvalue weighted by Crippen LogP contribution is 2.50. The number of unbranched alkanes of at least 4 members (excludes halogenated alkanes) is 2. The van der Waals surface area contributed by atoms with Crippen LogP contribution in [0.25, 0.3) is 0 Å². The number of aliphatic hydroxyl groups excluding tert-OH is 3. The second kappa shape index (κ2) is 18.4. The second-order valence-corrected chi connectivity index (χ2v) is 20.3. The summed E-state index contributed by atoms with van der Waals surface area (Å²) in [6.45, 7) is 3.23. The average Bonchev–Trinajstić information content (AvgIpc) is 3.23. The van der Waals surface area contributed by atoms with Crippen LogP contribution >= 0.6 is 0 Å². The molecular formula is C41H59N3O12S2. The van der Waals surface area contributed by atoms with E-state index in [1.165, 1.54) is 0 Å². The van der Waals surface area contributed by atoms with E-state index in [4.69, 9.17) is 13.7 Å². The van der Waals surface area contributed by atoms with Crippen molar-refractivity contribution in [3.63, 3.8) is 0 Å². The minimum atomic E-state index is -5.49. The largest absolute Gasteiger partial charge is 0.392 e. The average molecular weight is 850 g/mol. The number of carbonyl (C=O) groups is 1. The number of ether oxygens (including phenoxy) is 2. The summed E-state index contributed by atoms with van der Waals surface area (Å²) in [5.41, 5.74) is 1.86. The van der Waals surface area contributed by atoms with E-state index in [2.05, 4.69) is 10.6 Å². The van der Waals surface area contributed by atoms with Gasteiger partial charge in [-0.25, -0.2) is 17.4 Å². The summed E-state index contributed by atoms with van der Waals surface area (Å²) in [5.74, 6) is -0.978. The normalized spacial score (nSPS) is 26.0. The van der Waals surface area contributed by atoms with Crippen molar-refractivity contribution in [2.45, 2.75) is 107 Å². The van der Waals surface area contributed by atoms with Crippen molar-refractivity contribution in [2.75, 3.05) is 42.9 Å². The summed E-state index contributed by atoms with van der Waals surface area (Å²) < 4.78 is 76.5. The van der Waals surface area contributed by atoms with Crippen LogP contribution in [0.2, 0.25) is 0 Å². The number of hydrogen-bond donors (Lipinski definition) is 7. The van der Waals surface area contributed by atoms with Crippen LogP contribution in [0.4, 0.5) is 16.2 Å². The molecule has 2 heterocycles. The van der Waals surface area contributed by atoms with Gasteiger partial charge in [0.05, 0.1) is 36.2 Å². The first-order valence-electron chi connectivity index (χ1n) is 19.6. The second-order valence-electron chi connectivity index (χ2n) is 15.9. The van der Waals surface area contributed by atoms with Gasteiger partial charge in [0.1, 0.15) is 24.4 Å². The fourth-order valence-corrected chi connectivity index (χ4v) is 10.5. The summed E-state index contributed by atoms with van der Waals surface area (Å²) in [6, 6.07) is 20.0. The van der Waals surface area contributed by atoms with Crippen LogP contribution in [0.5, 0.6) is 0 Å². The molecule has 15 nitrogen and oxygen atoms in total. The van der Waals surface area contributed by atoms with E-state index in [-0.39, 0.29) is 22.9 Å². The predicted molar refractivity (Wildman–Crippen MR) is 222 cm³/mol. The SMILES string of the molecule is CCCCC1(CCCC)CS(=O)(=O)c2ccc(N(C)C)cc2[C@@H](c2cccc(NC(=O)N[C@@H]3O[C@H](COS(C)(=O)(O)O)[C@@H](O)[C@H](OCc4ccccc4)[C@H]3O)c2)[C@H]1O. The number of urea groups is 1. The van der Waals surface area contributed by atoms with Crippen LogP contribution in [0.1, 0.15) is 75.0 Å². The van der Waals surface area contributed by atoms with Gasteiger partial charge in [0.15, 0.2) is 26.0 Å². The van der Waals surface area contributed by atoms with Gasteiger partial charge in [0, 0.05) is 36.8 Å². The number of fused-ring (bicyclic) bond motifs is 1. The standard InChI is InChI=1S/C41H59N3O12S2/c1-6-8-20-41(21-9-7-2)26-57(49,50)33-19-18-30(44(3)4)23-31(33)34(38(41)47)28-16-13-17-29(22-28)42-40(48)43-39-36(46)37(54-24-27-14-11-10-12-15-27)35(45)32(56-39)25-55-58(5,51,52)53/h10-19,22-23,32,34-39,45-47H,6-9,20-21,24-26H2,1-5H3,(H2,42,43,48)(H2,51,52,53)/t32-,34-,35-,36-,37+,38-,39-/m1/s1. The highest BCUT2D eigenvalue weighted by atomic mass is 32.3. The van der Waals surface area contributed by atoms with Gasteiger partial charge in [-0.15, -0.1) is 0 Å². The zero-order chi connectivity index (χ0) is 42.5. The molecule has 0 spiro atoms. The van der Waals surface area contributed by atoms with E-state index < -0.39 is 80.5 Å². The molecule has 322 valence electrons. The van der Waals surface area contributed by atoms with Gasteiger partial charge in [-0.3, -0.25) is 13.3 Å². The lowest BCUT2D eigenvalue weighted by Crippen LogP contribution is -2.64. The molecule has 1 saturated heterocycles. The highest BCUT2D eigenvalue weighted by Gasteiger charge is 2.50. The number of anilines is 2. The Morgan fingerprint density at radius 1 is 0.948 bits per heavy atom. The first-order chi connectivity index (χ1) is 27.2. The Bertz CT molecular complexity index is 2030. The number of benzene rings is 3. The molecule has 2 aliphatic heterocycles. The van der Waals surface area contributed by atoms with E-state index in [0.29, 0.717) is 30.2 Å². The van der Waals surface area contributed by atoms with Crippen molar-refractivity contribution < 1.29 is 55.5 Å². The molecule has 2 aliphatic rings. The maximum Gasteiger partial charge on any atom is 0.321 e. The molecule has 0 aromatic heterocycles. The summed E-state index contributed by atoms with van der Waals surface area (Å²) in [5, 5.41) is 40.2. The number of amides is 2. The maximum atomic E-state index is 14.3. The summed E-state index contributed by atoms with van der Waals surface area (Å²) >= 11 is 0. The lowest BCUT2D eigenvalue weighted by atomic mass is 9.68. The molecule has 0 unspecified atom stereocenters. The van der Waals surface area contributed by atoms with E-state index >= 15 is 0 Å². The van der Waals surface area contributed by atoms with Crippen LogP contribution in [0, 0.1) is 5.41 Å². The number of sulfone groups is 1. The monoisotopic (exact) mass is 849 g/mol. The number of aliphatic hydroxyl groups is 3. The predicted octanol–water partition coefficient (Wildman–Crippen LogP) is 4.88. The molecular weight excluding hydrogens is 791 g/mol. The Balaban J connectivity index is 1.45. The number of hydrogen-bond acceptors (Lipinski definition) is 11. The molecule has 3 aromatic carbocycles. The first-order valence-corrected chi connectivity index (χ1v) is 23.5. The number of rotatable bonds is 16. The van der Waals surface area contributed by atoms with Gasteiger partial charge in [0.25, 0.3) is 0 Å². The van der Waals surface area contributed by atoms with E-state index in [1.54, 1.807) is 60.7 Å². The Kier molecular flexibility index (Phi) is 14.5. The lowest BCUT2D eigenvalue weighted by molar-refractivity contribution is -0.246. The highest BCUT2D eigenvalue weighted by molar-refractivity contribution is 8.05. The molecule has 7 atom stereocenters. The quantitative estimate of drug-likeness (QED) is 0.102. The first kappa shape index (κ1) is 45.6. The summed E-state index contributed by atoms with van der Waals surface area (Å²) in [7, 11) is -5.62. The van der Waals surface area contributed by atoms with Crippen LogP contribution in [0.15, 0.2) is 77.7 Å². The third-order valence-corrected chi connectivity index (χ3v) is 13.6. The van der Waals surface area contributed by atoms with Gasteiger partial charge in [-0.2, -0.15) is 0 Å². The molecule has 0 bridgehead atoms. The van der Waals surface area contributed by atoms with Crippen molar-refractivity contribution >= 4 is 37.2 Å². The van der Waals surface area contributed by atoms with Gasteiger partial charge < -0.3 is 40.3 Å². The zero-order valence-electron chi connectivity index (χ0n) is 33.7. The Morgan fingerprint density at radius 3 is 2.24 bits per heavy atom. The molecule has 7 N–H and O–H groups in total. The van der Waals surface area contributed by atoms with Crippen molar-refractivity contribution in [3.8, 4) is 0 Å². The Labute approximate surface area is 341 Å². The summed E-state index contributed by atoms with van der Waals surface area (Å²) in [6.07, 6.45) is -3.98. The fraction of sp³-hybridized carbons (Fsp3) is 0.537. The molecule has 1 fully saturated rings. The molecule has 3 aromatic rings. The molecule has 0 saturated carbocycles. The molecule has 0 radical (unpaired) electrons. The van der Waals surface area contributed by atoms with Gasteiger partial charge in [-0.1, -0.05) is 82.0 Å². The molecule has 5 rings (SSSR count). The van der Waals surface area contributed by atoms with Crippen LogP contribution < -0.4 is 15.5 Å². The zero-order valence-corrected chi connectivity index (χ0v) is 35.3. The Hall–Kier alpha value is -3.49. The third kappa shape index (κ3) is 11.2. The Morgan fingerprint density at radius 2 is 1.62 bits per heavy atom. The minimum absolute atomic E-state index is 0.0437. The van der Waals surface area contributed by atoms with Crippen molar-refractivity contribution in [1.82, 2.24) is 5.32 Å². The third-order valence-electron chi connectivity index (χ3n) is 10.9.